The number of nitrogens with zero attached hydrogens (tertiary/aromatic N) is 1. The molecule has 0 aliphatic heterocycles. The molecule has 62 valence electrons. The molecule has 2 rings (SSSR count). The van der Waals surface area contributed by atoms with Gasteiger partial charge in [-0.1, -0.05) is 24.4 Å². The number of hydrogen-bond acceptors (Lipinski definition) is 2. The Morgan fingerprint density at radius 1 is 1.18 bits per heavy atom. The smallest absolute Gasteiger partial charge is 0.0576 e. The molecule has 2 aliphatic carbocycles. The van der Waals surface area contributed by atoms with Gasteiger partial charge in [-0.3, -0.25) is 0 Å². The largest absolute Gasteiger partial charge is 0.411 e. The molecule has 11 heavy (non-hydrogen) atoms. The van der Waals surface area contributed by atoms with Crippen LogP contribution >= 0.6 is 0 Å². The predicted molar refractivity (Wildman–Crippen MR) is 43.9 cm³/mol. The lowest BCUT2D eigenvalue weighted by Crippen LogP contribution is -2.26. The van der Waals surface area contributed by atoms with Crippen molar-refractivity contribution in [3.63, 3.8) is 0 Å². The Morgan fingerprint density at radius 3 is 2.36 bits per heavy atom. The van der Waals surface area contributed by atoms with E-state index in [2.05, 4.69) is 5.16 Å². The van der Waals surface area contributed by atoms with Crippen LogP contribution in [0.15, 0.2) is 5.16 Å². The third-order valence-electron chi connectivity index (χ3n) is 3.08. The second-order valence-electron chi connectivity index (χ2n) is 3.97. The number of oxime groups is 1. The normalized spacial score (nSPS) is 40.9. The van der Waals surface area contributed by atoms with Gasteiger partial charge in [-0.25, -0.2) is 0 Å². The Labute approximate surface area is 67.3 Å². The first-order valence-corrected chi connectivity index (χ1v) is 4.58. The van der Waals surface area contributed by atoms with E-state index in [9.17, 15) is 0 Å². The molecule has 0 heterocycles. The molecule has 0 amide bonds. The molecule has 0 saturated heterocycles. The molecule has 2 fully saturated rings. The molecule has 0 aromatic heterocycles. The number of hydrogen-bond donors (Lipinski definition) is 1. The van der Waals surface area contributed by atoms with E-state index < -0.39 is 0 Å². The molecule has 0 unspecified atom stereocenters. The highest BCUT2D eigenvalue weighted by molar-refractivity contribution is 5.85. The Kier molecular flexibility index (Phi) is 1.84. The second-order valence-corrected chi connectivity index (χ2v) is 3.97. The summed E-state index contributed by atoms with van der Waals surface area (Å²) in [6.07, 6.45) is 7.62. The Morgan fingerprint density at radius 2 is 1.82 bits per heavy atom. The van der Waals surface area contributed by atoms with Gasteiger partial charge in [-0.05, 0) is 31.1 Å². The van der Waals surface area contributed by atoms with Crippen LogP contribution in [0, 0.1) is 11.8 Å². The molecule has 2 bridgehead atoms. The summed E-state index contributed by atoms with van der Waals surface area (Å²) in [5.41, 5.74) is 1.05. The first kappa shape index (κ1) is 7.14. The fourth-order valence-corrected chi connectivity index (χ4v) is 2.60. The van der Waals surface area contributed by atoms with Crippen molar-refractivity contribution in [3.8, 4) is 0 Å². The van der Waals surface area contributed by atoms with E-state index in [1.165, 1.54) is 25.7 Å². The summed E-state index contributed by atoms with van der Waals surface area (Å²) < 4.78 is 0. The van der Waals surface area contributed by atoms with Gasteiger partial charge in [-0.2, -0.15) is 0 Å². The molecule has 2 atom stereocenters. The molecule has 0 aromatic rings. The lowest BCUT2D eigenvalue weighted by molar-refractivity contribution is 0.243. The van der Waals surface area contributed by atoms with Crippen LogP contribution < -0.4 is 0 Å². The monoisotopic (exact) mass is 153 g/mol. The second kappa shape index (κ2) is 2.84. The van der Waals surface area contributed by atoms with Crippen LogP contribution in [0.25, 0.3) is 0 Å². The minimum atomic E-state index is 0.841. The maximum absolute atomic E-state index is 8.63. The third-order valence-corrected chi connectivity index (χ3v) is 3.08. The number of fused-ring (bicyclic) bond motifs is 2. The van der Waals surface area contributed by atoms with Crippen LogP contribution in [0.2, 0.25) is 0 Å². The Bertz CT molecular complexity index is 162. The maximum atomic E-state index is 8.63. The van der Waals surface area contributed by atoms with E-state index >= 15 is 0 Å². The molecule has 2 heteroatoms. The first-order chi connectivity index (χ1) is 5.38. The molecule has 0 aromatic carbocycles. The zero-order valence-corrected chi connectivity index (χ0v) is 6.79. The fourth-order valence-electron chi connectivity index (χ4n) is 2.60. The molecular weight excluding hydrogens is 138 g/mol. The molecule has 0 radical (unpaired) electrons. The Hall–Kier alpha value is -0.530. The summed E-state index contributed by atoms with van der Waals surface area (Å²) in [5, 5.41) is 12.0. The zero-order chi connectivity index (χ0) is 7.68. The van der Waals surface area contributed by atoms with Crippen LogP contribution in [0.1, 0.15) is 38.5 Å². The minimum Gasteiger partial charge on any atom is -0.411 e. The third kappa shape index (κ3) is 1.39. The molecule has 2 saturated carbocycles. The predicted octanol–water partition coefficient (Wildman–Crippen LogP) is 2.42. The topological polar surface area (TPSA) is 32.6 Å². The van der Waals surface area contributed by atoms with Gasteiger partial charge < -0.3 is 5.21 Å². The molecule has 1 N–H and O–H groups in total. The van der Waals surface area contributed by atoms with Crippen LogP contribution in [-0.2, 0) is 0 Å². The first-order valence-electron chi connectivity index (χ1n) is 4.58. The molecule has 2 aliphatic rings. The van der Waals surface area contributed by atoms with E-state index in [0.29, 0.717) is 0 Å². The van der Waals surface area contributed by atoms with Gasteiger partial charge in [-0.15, -0.1) is 0 Å². The Balaban J connectivity index is 2.05. The highest BCUT2D eigenvalue weighted by Gasteiger charge is 2.29. The van der Waals surface area contributed by atoms with Gasteiger partial charge in [0.05, 0.1) is 5.71 Å². The van der Waals surface area contributed by atoms with Gasteiger partial charge in [0, 0.05) is 0 Å². The van der Waals surface area contributed by atoms with Crippen molar-refractivity contribution in [1.82, 2.24) is 0 Å². The van der Waals surface area contributed by atoms with Crippen molar-refractivity contribution in [3.05, 3.63) is 0 Å². The minimum absolute atomic E-state index is 0.841. The standard InChI is InChI=1S/C9H15NO/c11-10-9-5-7-2-1-3-8(4-7)6-9/h7-8,11H,1-6H2/t7-,8+. The van der Waals surface area contributed by atoms with Crippen LogP contribution in [0.5, 0.6) is 0 Å². The van der Waals surface area contributed by atoms with Crippen molar-refractivity contribution in [2.45, 2.75) is 38.5 Å². The summed E-state index contributed by atoms with van der Waals surface area (Å²) in [7, 11) is 0. The van der Waals surface area contributed by atoms with Gasteiger partial charge >= 0.3 is 0 Å². The average molecular weight is 153 g/mol. The molecule has 0 spiro atoms. The van der Waals surface area contributed by atoms with Gasteiger partial charge in [0.25, 0.3) is 0 Å². The quantitative estimate of drug-likeness (QED) is 0.420. The van der Waals surface area contributed by atoms with Crippen molar-refractivity contribution in [1.29, 1.82) is 0 Å². The summed E-state index contributed by atoms with van der Waals surface area (Å²) in [6, 6.07) is 0. The van der Waals surface area contributed by atoms with Crippen LogP contribution in [0.4, 0.5) is 0 Å². The molecule has 2 nitrogen and oxygen atoms in total. The van der Waals surface area contributed by atoms with Crippen LogP contribution in [-0.4, -0.2) is 10.9 Å². The fraction of sp³-hybridized carbons (Fsp3) is 0.889. The van der Waals surface area contributed by atoms with Gasteiger partial charge in [0.1, 0.15) is 0 Å². The highest BCUT2D eigenvalue weighted by Crippen LogP contribution is 2.38. The summed E-state index contributed by atoms with van der Waals surface area (Å²) >= 11 is 0. The maximum Gasteiger partial charge on any atom is 0.0576 e. The summed E-state index contributed by atoms with van der Waals surface area (Å²) in [5.74, 6) is 1.68. The van der Waals surface area contributed by atoms with Gasteiger partial charge in [0.2, 0.25) is 0 Å². The van der Waals surface area contributed by atoms with E-state index in [0.717, 1.165) is 30.4 Å². The van der Waals surface area contributed by atoms with Crippen molar-refractivity contribution >= 4 is 5.71 Å². The van der Waals surface area contributed by atoms with Crippen molar-refractivity contribution in [2.24, 2.45) is 17.0 Å². The van der Waals surface area contributed by atoms with Gasteiger partial charge in [0.15, 0.2) is 0 Å². The van der Waals surface area contributed by atoms with Crippen molar-refractivity contribution in [2.75, 3.05) is 0 Å². The SMILES string of the molecule is ON=C1C[C@H]2CCC[C@@H](C1)C2. The average Bonchev–Trinajstić information content (AvgIpc) is 2.03. The summed E-state index contributed by atoms with van der Waals surface area (Å²) in [6.45, 7) is 0. The van der Waals surface area contributed by atoms with E-state index in [1.807, 2.05) is 0 Å². The highest BCUT2D eigenvalue weighted by atomic mass is 16.4. The number of rotatable bonds is 0. The van der Waals surface area contributed by atoms with E-state index in [1.54, 1.807) is 0 Å². The zero-order valence-electron chi connectivity index (χ0n) is 6.79. The summed E-state index contributed by atoms with van der Waals surface area (Å²) in [4.78, 5) is 0. The van der Waals surface area contributed by atoms with E-state index in [-0.39, 0.29) is 0 Å². The lowest BCUT2D eigenvalue weighted by atomic mass is 9.72. The molecular formula is C9H15NO. The van der Waals surface area contributed by atoms with Crippen molar-refractivity contribution < 1.29 is 5.21 Å². The van der Waals surface area contributed by atoms with Crippen LogP contribution in [0.3, 0.4) is 0 Å². The lowest BCUT2D eigenvalue weighted by Gasteiger charge is -2.34. The van der Waals surface area contributed by atoms with E-state index in [4.69, 9.17) is 5.21 Å².